The van der Waals surface area contributed by atoms with Gasteiger partial charge in [0.1, 0.15) is 0 Å². The SMILES string of the molecule is CC(C)(CNC(=O)C1CCCCN1)Cc1cccc(Cl)c1.Cl. The van der Waals surface area contributed by atoms with Crippen LogP contribution in [0.4, 0.5) is 0 Å². The number of carbonyl (C=O) groups excluding carboxylic acids is 1. The molecule has 0 aliphatic carbocycles. The minimum absolute atomic E-state index is 0. The van der Waals surface area contributed by atoms with E-state index >= 15 is 0 Å². The standard InChI is InChI=1S/C17H25ClN2O.ClH/c1-17(2,11-13-6-5-7-14(18)10-13)12-20-16(21)15-8-3-4-9-19-15;/h5-7,10,15,19H,3-4,8-9,11-12H2,1-2H3,(H,20,21);1H. The molecular weight excluding hydrogens is 319 g/mol. The van der Waals surface area contributed by atoms with Crippen molar-refractivity contribution in [2.45, 2.75) is 45.6 Å². The van der Waals surface area contributed by atoms with Gasteiger partial charge in [-0.05, 0) is 48.9 Å². The Morgan fingerprint density at radius 3 is 2.82 bits per heavy atom. The van der Waals surface area contributed by atoms with Crippen molar-refractivity contribution in [3.05, 3.63) is 34.9 Å². The summed E-state index contributed by atoms with van der Waals surface area (Å²) in [7, 11) is 0. The summed E-state index contributed by atoms with van der Waals surface area (Å²) in [5, 5.41) is 7.14. The summed E-state index contributed by atoms with van der Waals surface area (Å²) in [4.78, 5) is 12.2. The van der Waals surface area contributed by atoms with E-state index in [0.717, 1.165) is 30.8 Å². The fraction of sp³-hybridized carbons (Fsp3) is 0.588. The molecule has 0 spiro atoms. The molecule has 1 saturated heterocycles. The maximum absolute atomic E-state index is 12.2. The summed E-state index contributed by atoms with van der Waals surface area (Å²) < 4.78 is 0. The van der Waals surface area contributed by atoms with Crippen LogP contribution < -0.4 is 10.6 Å². The molecule has 1 atom stereocenters. The molecule has 1 aliphatic rings. The quantitative estimate of drug-likeness (QED) is 0.856. The predicted molar refractivity (Wildman–Crippen MR) is 94.8 cm³/mol. The average Bonchev–Trinajstić information content (AvgIpc) is 2.45. The van der Waals surface area contributed by atoms with Crippen LogP contribution in [-0.2, 0) is 11.2 Å². The maximum atomic E-state index is 12.2. The van der Waals surface area contributed by atoms with Crippen LogP contribution in [0, 0.1) is 5.41 Å². The smallest absolute Gasteiger partial charge is 0.237 e. The van der Waals surface area contributed by atoms with E-state index in [1.807, 2.05) is 18.2 Å². The highest BCUT2D eigenvalue weighted by Gasteiger charge is 2.24. The van der Waals surface area contributed by atoms with E-state index in [1.165, 1.54) is 12.0 Å². The summed E-state index contributed by atoms with van der Waals surface area (Å²) in [5.41, 5.74) is 1.21. The predicted octanol–water partition coefficient (Wildman–Crippen LogP) is 3.59. The van der Waals surface area contributed by atoms with E-state index in [9.17, 15) is 4.79 Å². The number of amides is 1. The Labute approximate surface area is 144 Å². The Morgan fingerprint density at radius 1 is 1.41 bits per heavy atom. The van der Waals surface area contributed by atoms with Gasteiger partial charge in [-0.25, -0.2) is 0 Å². The van der Waals surface area contributed by atoms with Gasteiger partial charge in [-0.1, -0.05) is 44.0 Å². The number of hydrogen-bond donors (Lipinski definition) is 2. The van der Waals surface area contributed by atoms with E-state index in [4.69, 9.17) is 11.6 Å². The molecule has 1 amide bonds. The zero-order valence-electron chi connectivity index (χ0n) is 13.3. The summed E-state index contributed by atoms with van der Waals surface area (Å²) in [5.74, 6) is 0.133. The van der Waals surface area contributed by atoms with Gasteiger partial charge in [0.25, 0.3) is 0 Å². The first-order chi connectivity index (χ1) is 9.96. The van der Waals surface area contributed by atoms with Crippen LogP contribution in [0.2, 0.25) is 5.02 Å². The van der Waals surface area contributed by atoms with E-state index in [2.05, 4.69) is 30.5 Å². The van der Waals surface area contributed by atoms with Gasteiger partial charge in [-0.15, -0.1) is 12.4 Å². The van der Waals surface area contributed by atoms with Gasteiger partial charge in [0, 0.05) is 11.6 Å². The van der Waals surface area contributed by atoms with Crippen molar-refractivity contribution in [1.82, 2.24) is 10.6 Å². The van der Waals surface area contributed by atoms with Crippen molar-refractivity contribution in [2.75, 3.05) is 13.1 Å². The first-order valence-electron chi connectivity index (χ1n) is 7.72. The van der Waals surface area contributed by atoms with Crippen molar-refractivity contribution >= 4 is 29.9 Å². The second-order valence-electron chi connectivity index (χ2n) is 6.69. The van der Waals surface area contributed by atoms with E-state index in [-0.39, 0.29) is 29.8 Å². The molecule has 1 aliphatic heterocycles. The zero-order valence-corrected chi connectivity index (χ0v) is 14.9. The lowest BCUT2D eigenvalue weighted by Gasteiger charge is -2.28. The minimum atomic E-state index is -0.0132. The maximum Gasteiger partial charge on any atom is 0.237 e. The van der Waals surface area contributed by atoms with Gasteiger partial charge in [0.2, 0.25) is 5.91 Å². The van der Waals surface area contributed by atoms with Crippen LogP contribution in [0.25, 0.3) is 0 Å². The molecule has 1 unspecified atom stereocenters. The van der Waals surface area contributed by atoms with Crippen molar-refractivity contribution in [2.24, 2.45) is 5.41 Å². The summed E-state index contributed by atoms with van der Waals surface area (Å²) >= 11 is 6.02. The van der Waals surface area contributed by atoms with Crippen molar-refractivity contribution in [3.8, 4) is 0 Å². The van der Waals surface area contributed by atoms with Gasteiger partial charge in [0.15, 0.2) is 0 Å². The number of piperidine rings is 1. The molecule has 2 N–H and O–H groups in total. The molecule has 1 fully saturated rings. The normalized spacial score (nSPS) is 18.4. The van der Waals surface area contributed by atoms with Crippen LogP contribution in [0.1, 0.15) is 38.7 Å². The number of carbonyl (C=O) groups is 1. The highest BCUT2D eigenvalue weighted by atomic mass is 35.5. The number of halogens is 2. The molecule has 0 saturated carbocycles. The molecule has 1 aromatic carbocycles. The largest absolute Gasteiger partial charge is 0.354 e. The zero-order chi connectivity index (χ0) is 15.3. The van der Waals surface area contributed by atoms with Gasteiger partial charge in [-0.2, -0.15) is 0 Å². The van der Waals surface area contributed by atoms with Crippen LogP contribution in [0.3, 0.4) is 0 Å². The van der Waals surface area contributed by atoms with Crippen LogP contribution in [0.5, 0.6) is 0 Å². The molecular formula is C17H26Cl2N2O. The van der Waals surface area contributed by atoms with Crippen molar-refractivity contribution in [3.63, 3.8) is 0 Å². The lowest BCUT2D eigenvalue weighted by Crippen LogP contribution is -2.48. The first-order valence-corrected chi connectivity index (χ1v) is 8.10. The van der Waals surface area contributed by atoms with Gasteiger partial charge >= 0.3 is 0 Å². The number of hydrogen-bond acceptors (Lipinski definition) is 2. The molecule has 1 heterocycles. The second kappa shape index (κ2) is 8.76. The van der Waals surface area contributed by atoms with Crippen LogP contribution >= 0.6 is 24.0 Å². The molecule has 3 nitrogen and oxygen atoms in total. The fourth-order valence-corrected chi connectivity index (χ4v) is 3.00. The number of rotatable bonds is 5. The summed E-state index contributed by atoms with van der Waals surface area (Å²) in [6.45, 7) is 5.96. The molecule has 22 heavy (non-hydrogen) atoms. The van der Waals surface area contributed by atoms with E-state index < -0.39 is 0 Å². The lowest BCUT2D eigenvalue weighted by atomic mass is 9.85. The number of nitrogens with one attached hydrogen (secondary N) is 2. The van der Waals surface area contributed by atoms with Crippen molar-refractivity contribution < 1.29 is 4.79 Å². The Hall–Kier alpha value is -0.770. The molecule has 0 radical (unpaired) electrons. The molecule has 1 aromatic rings. The minimum Gasteiger partial charge on any atom is -0.354 e. The lowest BCUT2D eigenvalue weighted by molar-refractivity contribution is -0.124. The Bertz CT molecular complexity index is 485. The second-order valence-corrected chi connectivity index (χ2v) is 7.13. The molecule has 0 aromatic heterocycles. The molecule has 0 bridgehead atoms. The third-order valence-corrected chi connectivity index (χ3v) is 4.17. The Morgan fingerprint density at radius 2 is 2.18 bits per heavy atom. The van der Waals surface area contributed by atoms with Crippen LogP contribution in [-0.4, -0.2) is 25.0 Å². The van der Waals surface area contributed by atoms with Gasteiger partial charge < -0.3 is 10.6 Å². The fourth-order valence-electron chi connectivity index (χ4n) is 2.79. The molecule has 124 valence electrons. The monoisotopic (exact) mass is 344 g/mol. The van der Waals surface area contributed by atoms with Crippen LogP contribution in [0.15, 0.2) is 24.3 Å². The number of benzene rings is 1. The highest BCUT2D eigenvalue weighted by molar-refractivity contribution is 6.30. The Kier molecular flexibility index (Phi) is 7.67. The van der Waals surface area contributed by atoms with Crippen molar-refractivity contribution in [1.29, 1.82) is 0 Å². The summed E-state index contributed by atoms with van der Waals surface area (Å²) in [6.07, 6.45) is 4.15. The van der Waals surface area contributed by atoms with E-state index in [1.54, 1.807) is 0 Å². The topological polar surface area (TPSA) is 41.1 Å². The first kappa shape index (κ1) is 19.3. The van der Waals surface area contributed by atoms with E-state index in [0.29, 0.717) is 6.54 Å². The van der Waals surface area contributed by atoms with Gasteiger partial charge in [0.05, 0.1) is 6.04 Å². The Balaban J connectivity index is 0.00000242. The van der Waals surface area contributed by atoms with Gasteiger partial charge in [-0.3, -0.25) is 4.79 Å². The summed E-state index contributed by atoms with van der Waals surface area (Å²) in [6, 6.07) is 7.92. The molecule has 2 rings (SSSR count). The highest BCUT2D eigenvalue weighted by Crippen LogP contribution is 2.23. The molecule has 5 heteroatoms. The third-order valence-electron chi connectivity index (χ3n) is 3.94. The third kappa shape index (κ3) is 6.15. The average molecular weight is 345 g/mol.